The highest BCUT2D eigenvalue weighted by Gasteiger charge is 2.31. The summed E-state index contributed by atoms with van der Waals surface area (Å²) in [5.41, 5.74) is 12.1. The fourth-order valence-corrected chi connectivity index (χ4v) is 14.7. The second-order valence-corrected chi connectivity index (χ2v) is 40.5. The van der Waals surface area contributed by atoms with Gasteiger partial charge >= 0.3 is 0 Å². The molecule has 38 nitrogen and oxygen atoms in total. The molecule has 0 aliphatic carbocycles. The second-order valence-electron chi connectivity index (χ2n) is 40.5. The third-order valence-electron chi connectivity index (χ3n) is 22.3. The van der Waals surface area contributed by atoms with Crippen molar-refractivity contribution in [3.63, 3.8) is 0 Å². The number of nitrogens with zero attached hydrogens (tertiary/aromatic N) is 18. The van der Waals surface area contributed by atoms with E-state index < -0.39 is 0 Å². The van der Waals surface area contributed by atoms with Gasteiger partial charge in [-0.15, -0.1) is 0 Å². The van der Waals surface area contributed by atoms with Crippen LogP contribution in [0.3, 0.4) is 0 Å². The molecule has 716 valence electrons. The van der Waals surface area contributed by atoms with Gasteiger partial charge in [-0.25, -0.2) is 0 Å². The van der Waals surface area contributed by atoms with Crippen molar-refractivity contribution in [1.82, 2.24) is 139 Å². The first-order chi connectivity index (χ1) is 62.7. The van der Waals surface area contributed by atoms with Gasteiger partial charge in [0.1, 0.15) is 0 Å². The SMILES string of the molecule is CC(C)(C)n1cc2c(c1)C(=O)NCC2.CC(C)(C)n1cc2c(n1)C(=O)NCC2.CC(C)(C)n1cc2c(n1)CNC2=O.CC(C)(C)n1cc2cc[nH]c(=O)c2c1.CC(C)(C)n1ncc2c(=O)[nH]ccc21.CC(C)(C)n1ncc2c1CCNC2=O.CC(C)n1cc2c(=O)[nH]ccc2n1.CC(C)n1cc2c(n1)CCNC2=O.CC(C)n1cc2cc[nH]c(=O)c2n1.CC(C)n1ncc2c1CNC2=O. The number of hydrogen-bond acceptors (Lipinski definition) is 18. The van der Waals surface area contributed by atoms with Crippen molar-refractivity contribution in [1.29, 1.82) is 0 Å². The summed E-state index contributed by atoms with van der Waals surface area (Å²) >= 11 is 0. The molecule has 0 aromatic carbocycles. The predicted molar refractivity (Wildman–Crippen MR) is 517 cm³/mol. The van der Waals surface area contributed by atoms with Gasteiger partial charge in [0, 0.05) is 171 Å². The van der Waals surface area contributed by atoms with Crippen LogP contribution in [0.25, 0.3) is 43.5 Å². The minimum absolute atomic E-state index is 0.00162. The summed E-state index contributed by atoms with van der Waals surface area (Å²) < 4.78 is 19.0. The summed E-state index contributed by atoms with van der Waals surface area (Å²) in [6, 6.07) is 8.64. The maximum absolute atomic E-state index is 11.5. The molecule has 14 aromatic heterocycles. The Labute approximate surface area is 777 Å². The number of H-pyrrole nitrogens is 4. The van der Waals surface area contributed by atoms with Crippen LogP contribution in [0.2, 0.25) is 0 Å². The van der Waals surface area contributed by atoms with E-state index in [4.69, 9.17) is 0 Å². The van der Waals surface area contributed by atoms with Crippen LogP contribution in [0.15, 0.2) is 143 Å². The fraction of sp³-hybridized carbons (Fsp3) is 0.479. The Morgan fingerprint density at radius 3 is 1.36 bits per heavy atom. The molecule has 6 amide bonds. The molecule has 6 aliphatic heterocycles. The zero-order chi connectivity index (χ0) is 98.3. The molecule has 38 heteroatoms. The topological polar surface area (TPSA) is 458 Å². The Hall–Kier alpha value is -14.1. The van der Waals surface area contributed by atoms with Crippen molar-refractivity contribution in [2.24, 2.45) is 0 Å². The lowest BCUT2D eigenvalue weighted by molar-refractivity contribution is 0.0932. The van der Waals surface area contributed by atoms with Crippen molar-refractivity contribution >= 4 is 78.9 Å². The van der Waals surface area contributed by atoms with E-state index in [0.717, 1.165) is 122 Å². The van der Waals surface area contributed by atoms with Crippen molar-refractivity contribution in [3.05, 3.63) is 232 Å². The van der Waals surface area contributed by atoms with Crippen molar-refractivity contribution < 1.29 is 28.8 Å². The molecular weight excluding hydrogens is 1710 g/mol. The highest BCUT2D eigenvalue weighted by atomic mass is 16.2. The van der Waals surface area contributed by atoms with Crippen LogP contribution in [-0.2, 0) is 72.0 Å². The number of carbonyl (C=O) groups is 6. The third-order valence-corrected chi connectivity index (χ3v) is 22.3. The largest absolute Gasteiger partial charge is 0.352 e. The quantitative estimate of drug-likeness (QED) is 0.0782. The van der Waals surface area contributed by atoms with Gasteiger partial charge in [-0.3, -0.25) is 85.4 Å². The zero-order valence-corrected chi connectivity index (χ0v) is 82.1. The Bertz CT molecular complexity index is 6610. The second kappa shape index (κ2) is 40.5. The van der Waals surface area contributed by atoms with Gasteiger partial charge in [0.15, 0.2) is 11.2 Å². The molecule has 0 spiro atoms. The zero-order valence-electron chi connectivity index (χ0n) is 82.1. The Kier molecular flexibility index (Phi) is 30.4. The van der Waals surface area contributed by atoms with Gasteiger partial charge in [0.25, 0.3) is 57.7 Å². The molecule has 20 heterocycles. The van der Waals surface area contributed by atoms with Gasteiger partial charge in [-0.05, 0) is 223 Å². The summed E-state index contributed by atoms with van der Waals surface area (Å²) in [4.78, 5) is 124. The number of aromatic amines is 4. The Morgan fingerprint density at radius 2 is 0.799 bits per heavy atom. The highest BCUT2D eigenvalue weighted by molar-refractivity contribution is 5.99. The average molecular weight is 1840 g/mol. The van der Waals surface area contributed by atoms with Crippen molar-refractivity contribution in [3.8, 4) is 0 Å². The summed E-state index contributed by atoms with van der Waals surface area (Å²) in [6.07, 6.45) is 32.3. The number of aromatic nitrogens is 22. The lowest BCUT2D eigenvalue weighted by Crippen LogP contribution is -2.34. The van der Waals surface area contributed by atoms with E-state index in [1.807, 2.05) is 117 Å². The number of pyridine rings is 4. The molecule has 0 saturated heterocycles. The van der Waals surface area contributed by atoms with E-state index in [2.05, 4.69) is 260 Å². The predicted octanol–water partition coefficient (Wildman–Crippen LogP) is 11.9. The van der Waals surface area contributed by atoms with Crippen LogP contribution in [0, 0.1) is 0 Å². The first-order valence-corrected chi connectivity index (χ1v) is 45.4. The maximum atomic E-state index is 11.5. The first-order valence-electron chi connectivity index (χ1n) is 45.4. The van der Waals surface area contributed by atoms with Gasteiger partial charge in [-0.1, -0.05) is 0 Å². The first kappa shape index (κ1) is 100. The van der Waals surface area contributed by atoms with E-state index >= 15 is 0 Å². The Balaban J connectivity index is 0.000000143. The fourth-order valence-electron chi connectivity index (χ4n) is 14.7. The van der Waals surface area contributed by atoms with Crippen LogP contribution >= 0.6 is 0 Å². The van der Waals surface area contributed by atoms with Crippen LogP contribution in [0.5, 0.6) is 0 Å². The van der Waals surface area contributed by atoms with E-state index in [-0.39, 0.29) is 103 Å². The summed E-state index contributed by atoms with van der Waals surface area (Å²) in [6.45, 7) is 58.0. The standard InChI is InChI=1S/C11H16N2O.C11H14N2O.C10H15N3O.C10H13N3O.C10H15N3O.2C9H13N3O.2C9H11N3O.C8H11N3O/c2*1-11(2,3)13-6-8-4-5-12-10(14)9(8)7-13;2*1-10(2,3)13-8-4-5-11-9(14)7(8)6-12-13;1-10(2,3)13-6-7-4-5-11-9(14)8(7)12-13;1-9(2,3)12-5-6-7(11-12)4-10-8(6)13;2*1-6(2)12-5-7-8(11-12)3-4-10-9(7)13;1-6(2)12-5-7-3-4-10-9(13)8(7)11-12;1-5(2)11-7-4-9-8(12)6(7)3-10-11/h6-7H,4-5H2,1-3H3,(H,12,14);4-7H,1-3H3,(H,12,14);6H,4-5H2,1-3H3,(H,11,14);4-6H,1-3H3,(H,11,14);6H,4-5H2,1-3H3,(H,11,14);5H,4H2,1-3H3,(H,10,13);5-6H,3-4H2,1-2H3,(H,10,13);2*3-6H,1-2H3,(H,10,13);3,5H,4H2,1-2H3,(H,9,12). The summed E-state index contributed by atoms with van der Waals surface area (Å²) in [7, 11) is 0. The van der Waals surface area contributed by atoms with E-state index in [9.17, 15) is 47.9 Å². The van der Waals surface area contributed by atoms with Crippen LogP contribution < -0.4 is 54.1 Å². The van der Waals surface area contributed by atoms with Gasteiger partial charge in [0.05, 0.1) is 132 Å². The molecule has 0 fully saturated rings. The molecular formula is C96H132N28O10. The van der Waals surface area contributed by atoms with E-state index in [1.165, 1.54) is 5.56 Å². The van der Waals surface area contributed by atoms with Crippen LogP contribution in [0.1, 0.15) is 300 Å². The molecule has 6 aliphatic rings. The van der Waals surface area contributed by atoms with Gasteiger partial charge < -0.3 is 61.0 Å². The highest BCUT2D eigenvalue weighted by Crippen LogP contribution is 2.28. The molecule has 10 N–H and O–H groups in total. The molecule has 0 radical (unpaired) electrons. The molecule has 0 bridgehead atoms. The third kappa shape index (κ3) is 24.0. The lowest BCUT2D eigenvalue weighted by atomic mass is 10.1. The number of fused-ring (bicyclic) bond motifs is 10. The molecule has 0 atom stereocenters. The molecule has 14 aromatic rings. The van der Waals surface area contributed by atoms with Crippen LogP contribution in [-0.4, -0.2) is 169 Å². The Morgan fingerprint density at radius 1 is 0.321 bits per heavy atom. The number of amides is 6. The maximum Gasteiger partial charge on any atom is 0.276 e. The minimum atomic E-state index is -0.128. The molecule has 20 rings (SSSR count). The molecule has 0 unspecified atom stereocenters. The normalized spacial score (nSPS) is 14.3. The summed E-state index contributed by atoms with van der Waals surface area (Å²) in [5.74, 6) is 0.0146. The van der Waals surface area contributed by atoms with Crippen molar-refractivity contribution in [2.75, 3.05) is 26.2 Å². The lowest BCUT2D eigenvalue weighted by Gasteiger charge is -2.24. The molecule has 0 saturated carbocycles. The van der Waals surface area contributed by atoms with Gasteiger partial charge in [0.2, 0.25) is 0 Å². The van der Waals surface area contributed by atoms with Gasteiger partial charge in [-0.2, -0.15) is 40.8 Å². The van der Waals surface area contributed by atoms with Crippen LogP contribution in [0.4, 0.5) is 0 Å². The van der Waals surface area contributed by atoms with E-state index in [1.54, 1.807) is 65.0 Å². The number of hydrogen-bond donors (Lipinski definition) is 10. The monoisotopic (exact) mass is 1840 g/mol. The van der Waals surface area contributed by atoms with Crippen molar-refractivity contribution in [2.45, 2.75) is 276 Å². The minimum Gasteiger partial charge on any atom is -0.352 e. The average Bonchev–Trinajstić information content (AvgIpc) is 1.60. The molecule has 134 heavy (non-hydrogen) atoms. The number of carbonyl (C=O) groups excluding carboxylic acids is 6. The number of nitrogens with one attached hydrogen (secondary N) is 10. The smallest absolute Gasteiger partial charge is 0.276 e. The summed E-state index contributed by atoms with van der Waals surface area (Å²) in [5, 5.41) is 54.8. The van der Waals surface area contributed by atoms with E-state index in [0.29, 0.717) is 60.2 Å². The number of rotatable bonds is 4.